The van der Waals surface area contributed by atoms with Gasteiger partial charge in [-0.05, 0) is 24.6 Å². The SMILES string of the molecule is CCOc1cc(CNC(=O)c2cc(Cl)c(Cl)[nH]2)ccn1. The smallest absolute Gasteiger partial charge is 0.268 e. The fourth-order valence-electron chi connectivity index (χ4n) is 1.59. The molecule has 20 heavy (non-hydrogen) atoms. The number of rotatable bonds is 5. The van der Waals surface area contributed by atoms with Crippen molar-refractivity contribution in [3.05, 3.63) is 45.8 Å². The maximum absolute atomic E-state index is 11.9. The lowest BCUT2D eigenvalue weighted by Gasteiger charge is -2.06. The molecule has 0 unspecified atom stereocenters. The minimum absolute atomic E-state index is 0.249. The van der Waals surface area contributed by atoms with Crippen LogP contribution in [-0.4, -0.2) is 22.5 Å². The van der Waals surface area contributed by atoms with Crippen LogP contribution in [0.1, 0.15) is 23.0 Å². The van der Waals surface area contributed by atoms with Gasteiger partial charge in [0.2, 0.25) is 5.88 Å². The van der Waals surface area contributed by atoms with Crippen molar-refractivity contribution >= 4 is 29.1 Å². The first-order valence-corrected chi connectivity index (χ1v) is 6.75. The molecule has 2 N–H and O–H groups in total. The summed E-state index contributed by atoms with van der Waals surface area (Å²) in [5, 5.41) is 3.32. The monoisotopic (exact) mass is 313 g/mol. The molecule has 0 atom stereocenters. The van der Waals surface area contributed by atoms with E-state index in [2.05, 4.69) is 15.3 Å². The molecule has 0 saturated heterocycles. The maximum Gasteiger partial charge on any atom is 0.268 e. The summed E-state index contributed by atoms with van der Waals surface area (Å²) in [6.07, 6.45) is 1.63. The van der Waals surface area contributed by atoms with Crippen LogP contribution >= 0.6 is 23.2 Å². The Balaban J connectivity index is 1.97. The largest absolute Gasteiger partial charge is 0.478 e. The van der Waals surface area contributed by atoms with Gasteiger partial charge in [0.1, 0.15) is 10.8 Å². The molecule has 7 heteroatoms. The summed E-state index contributed by atoms with van der Waals surface area (Å²) in [4.78, 5) is 18.6. The van der Waals surface area contributed by atoms with E-state index in [0.29, 0.717) is 29.7 Å². The number of pyridine rings is 1. The fourth-order valence-corrected chi connectivity index (χ4v) is 1.90. The number of nitrogens with zero attached hydrogens (tertiary/aromatic N) is 1. The lowest BCUT2D eigenvalue weighted by Crippen LogP contribution is -2.23. The summed E-state index contributed by atoms with van der Waals surface area (Å²) in [5.41, 5.74) is 1.21. The van der Waals surface area contributed by atoms with Crippen LogP contribution < -0.4 is 10.1 Å². The zero-order valence-electron chi connectivity index (χ0n) is 10.7. The summed E-state index contributed by atoms with van der Waals surface area (Å²) in [7, 11) is 0. The number of hydrogen-bond donors (Lipinski definition) is 2. The lowest BCUT2D eigenvalue weighted by molar-refractivity contribution is 0.0946. The number of ether oxygens (including phenoxy) is 1. The molecule has 1 amide bonds. The average molecular weight is 314 g/mol. The molecule has 0 aromatic carbocycles. The van der Waals surface area contributed by atoms with Crippen LogP contribution in [0.25, 0.3) is 0 Å². The summed E-state index contributed by atoms with van der Waals surface area (Å²) >= 11 is 11.5. The summed E-state index contributed by atoms with van der Waals surface area (Å²) in [5.74, 6) is 0.249. The van der Waals surface area contributed by atoms with Gasteiger partial charge >= 0.3 is 0 Å². The Bertz CT molecular complexity index is 594. The zero-order valence-corrected chi connectivity index (χ0v) is 12.3. The first kappa shape index (κ1) is 14.7. The van der Waals surface area contributed by atoms with Gasteiger partial charge < -0.3 is 15.0 Å². The van der Waals surface area contributed by atoms with Crippen molar-refractivity contribution < 1.29 is 9.53 Å². The second kappa shape index (κ2) is 6.63. The van der Waals surface area contributed by atoms with Crippen LogP contribution in [0.2, 0.25) is 10.2 Å². The molecule has 0 aliphatic heterocycles. The van der Waals surface area contributed by atoms with Crippen LogP contribution in [-0.2, 0) is 6.54 Å². The van der Waals surface area contributed by atoms with Gasteiger partial charge in [-0.25, -0.2) is 4.98 Å². The van der Waals surface area contributed by atoms with E-state index in [0.717, 1.165) is 5.56 Å². The van der Waals surface area contributed by atoms with Crippen LogP contribution in [0.15, 0.2) is 24.4 Å². The molecule has 106 valence electrons. The lowest BCUT2D eigenvalue weighted by atomic mass is 10.2. The van der Waals surface area contributed by atoms with Gasteiger partial charge in [-0.1, -0.05) is 23.2 Å². The highest BCUT2D eigenvalue weighted by atomic mass is 35.5. The molecule has 0 saturated carbocycles. The van der Waals surface area contributed by atoms with Crippen molar-refractivity contribution in [3.63, 3.8) is 0 Å². The molecule has 0 spiro atoms. The molecule has 2 heterocycles. The molecular formula is C13H13Cl2N3O2. The van der Waals surface area contributed by atoms with Crippen molar-refractivity contribution in [2.45, 2.75) is 13.5 Å². The molecule has 2 rings (SSSR count). The molecular weight excluding hydrogens is 301 g/mol. The number of carbonyl (C=O) groups is 1. The summed E-state index contributed by atoms with van der Waals surface area (Å²) in [6.45, 7) is 2.78. The van der Waals surface area contributed by atoms with Crippen molar-refractivity contribution in [2.24, 2.45) is 0 Å². The van der Waals surface area contributed by atoms with E-state index < -0.39 is 0 Å². The maximum atomic E-state index is 11.9. The van der Waals surface area contributed by atoms with E-state index >= 15 is 0 Å². The number of nitrogens with one attached hydrogen (secondary N) is 2. The highest BCUT2D eigenvalue weighted by Crippen LogP contribution is 2.21. The Morgan fingerprint density at radius 2 is 2.25 bits per heavy atom. The van der Waals surface area contributed by atoms with Gasteiger partial charge in [0, 0.05) is 18.8 Å². The molecule has 5 nitrogen and oxygen atoms in total. The molecule has 0 fully saturated rings. The minimum Gasteiger partial charge on any atom is -0.478 e. The van der Waals surface area contributed by atoms with E-state index in [4.69, 9.17) is 27.9 Å². The predicted molar refractivity (Wildman–Crippen MR) is 77.4 cm³/mol. The third-order valence-corrected chi connectivity index (χ3v) is 3.21. The van der Waals surface area contributed by atoms with E-state index in [1.54, 1.807) is 18.3 Å². The Labute approximate surface area is 126 Å². The van der Waals surface area contributed by atoms with Crippen molar-refractivity contribution in [3.8, 4) is 5.88 Å². The summed E-state index contributed by atoms with van der Waals surface area (Å²) in [6, 6.07) is 5.06. The third-order valence-electron chi connectivity index (χ3n) is 2.51. The van der Waals surface area contributed by atoms with Gasteiger partial charge in [0.15, 0.2) is 0 Å². The Morgan fingerprint density at radius 3 is 2.90 bits per heavy atom. The van der Waals surface area contributed by atoms with Crippen LogP contribution in [0.4, 0.5) is 0 Å². The molecule has 0 bridgehead atoms. The van der Waals surface area contributed by atoms with E-state index in [1.165, 1.54) is 6.07 Å². The van der Waals surface area contributed by atoms with E-state index in [-0.39, 0.29) is 11.1 Å². The van der Waals surface area contributed by atoms with Gasteiger partial charge in [0.05, 0.1) is 11.6 Å². The standard InChI is InChI=1S/C13H13Cl2N3O2/c1-2-20-11-5-8(3-4-16-11)7-17-13(19)10-6-9(14)12(15)18-10/h3-6,18H,2,7H2,1H3,(H,17,19). The topological polar surface area (TPSA) is 67.0 Å². The van der Waals surface area contributed by atoms with Crippen molar-refractivity contribution in [1.29, 1.82) is 0 Å². The van der Waals surface area contributed by atoms with E-state index in [9.17, 15) is 4.79 Å². The Hall–Kier alpha value is -1.72. The first-order valence-electron chi connectivity index (χ1n) is 6.00. The van der Waals surface area contributed by atoms with Crippen LogP contribution in [0.3, 0.4) is 0 Å². The number of aromatic amines is 1. The van der Waals surface area contributed by atoms with E-state index in [1.807, 2.05) is 6.92 Å². The van der Waals surface area contributed by atoms with Crippen LogP contribution in [0, 0.1) is 0 Å². The second-order valence-electron chi connectivity index (χ2n) is 3.96. The van der Waals surface area contributed by atoms with Crippen LogP contribution in [0.5, 0.6) is 5.88 Å². The van der Waals surface area contributed by atoms with Gasteiger partial charge in [-0.15, -0.1) is 0 Å². The fraction of sp³-hybridized carbons (Fsp3) is 0.231. The number of hydrogen-bond acceptors (Lipinski definition) is 3. The van der Waals surface area contributed by atoms with Gasteiger partial charge in [-0.3, -0.25) is 4.79 Å². The van der Waals surface area contributed by atoms with Crippen molar-refractivity contribution in [2.75, 3.05) is 6.61 Å². The highest BCUT2D eigenvalue weighted by Gasteiger charge is 2.11. The zero-order chi connectivity index (χ0) is 14.5. The molecule has 2 aromatic heterocycles. The summed E-state index contributed by atoms with van der Waals surface area (Å²) < 4.78 is 5.29. The Morgan fingerprint density at radius 1 is 1.45 bits per heavy atom. The Kier molecular flexibility index (Phi) is 4.87. The predicted octanol–water partition coefficient (Wildman–Crippen LogP) is 3.05. The number of amides is 1. The normalized spacial score (nSPS) is 10.3. The van der Waals surface area contributed by atoms with Gasteiger partial charge in [0.25, 0.3) is 5.91 Å². The quantitative estimate of drug-likeness (QED) is 0.891. The molecule has 0 aliphatic carbocycles. The minimum atomic E-state index is -0.284. The molecule has 0 radical (unpaired) electrons. The number of H-pyrrole nitrogens is 1. The third kappa shape index (κ3) is 3.65. The number of halogens is 2. The number of carbonyl (C=O) groups excluding carboxylic acids is 1. The molecule has 2 aromatic rings. The number of aromatic nitrogens is 2. The van der Waals surface area contributed by atoms with Gasteiger partial charge in [-0.2, -0.15) is 0 Å². The van der Waals surface area contributed by atoms with Crippen molar-refractivity contribution in [1.82, 2.24) is 15.3 Å². The highest BCUT2D eigenvalue weighted by molar-refractivity contribution is 6.41. The second-order valence-corrected chi connectivity index (χ2v) is 4.75. The molecule has 0 aliphatic rings. The average Bonchev–Trinajstić information content (AvgIpc) is 2.77. The first-order chi connectivity index (χ1) is 9.60.